The Morgan fingerprint density at radius 3 is 2.39 bits per heavy atom. The molecule has 2 rings (SSSR count). The zero-order chi connectivity index (χ0) is 12.8. The Balaban J connectivity index is 2.27. The highest BCUT2D eigenvalue weighted by molar-refractivity contribution is 7.98. The Hall–Kier alpha value is -1.98. The number of carbonyl (C=O) groups is 1. The van der Waals surface area contributed by atoms with Gasteiger partial charge in [0, 0.05) is 21.6 Å². The van der Waals surface area contributed by atoms with Crippen molar-refractivity contribution in [2.24, 2.45) is 0 Å². The van der Waals surface area contributed by atoms with Crippen molar-refractivity contribution < 1.29 is 4.79 Å². The molecule has 0 saturated heterocycles. The minimum absolute atomic E-state index is 0.671. The largest absolute Gasteiger partial charge is 0.298 e. The van der Waals surface area contributed by atoms with Crippen LogP contribution in [0.1, 0.15) is 21.5 Å². The van der Waals surface area contributed by atoms with Gasteiger partial charge in [0.15, 0.2) is 0 Å². The highest BCUT2D eigenvalue weighted by Crippen LogP contribution is 2.18. The van der Waals surface area contributed by atoms with E-state index in [0.29, 0.717) is 5.56 Å². The topological polar surface area (TPSA) is 17.1 Å². The van der Waals surface area contributed by atoms with Crippen LogP contribution >= 0.6 is 11.8 Å². The predicted octanol–water partition coefficient (Wildman–Crippen LogP) is 3.62. The van der Waals surface area contributed by atoms with Gasteiger partial charge in [-0.1, -0.05) is 36.1 Å². The molecule has 2 aromatic rings. The summed E-state index contributed by atoms with van der Waals surface area (Å²) < 4.78 is 0. The van der Waals surface area contributed by atoms with E-state index >= 15 is 0 Å². The van der Waals surface area contributed by atoms with Crippen molar-refractivity contribution >= 4 is 18.0 Å². The third-order valence-electron chi connectivity index (χ3n) is 2.50. The predicted molar refractivity (Wildman–Crippen MR) is 76.0 cm³/mol. The van der Waals surface area contributed by atoms with E-state index in [-0.39, 0.29) is 0 Å². The first-order chi connectivity index (χ1) is 8.83. The SMILES string of the molecule is CSc1ccccc1C#Cc1ccc(C=O)cc1. The van der Waals surface area contributed by atoms with Crippen LogP contribution in [0.3, 0.4) is 0 Å². The Kier molecular flexibility index (Phi) is 4.22. The van der Waals surface area contributed by atoms with Gasteiger partial charge in [0.25, 0.3) is 0 Å². The number of thioether (sulfide) groups is 1. The molecule has 0 N–H and O–H groups in total. The third-order valence-corrected chi connectivity index (χ3v) is 3.29. The zero-order valence-corrected chi connectivity index (χ0v) is 10.8. The average molecular weight is 252 g/mol. The van der Waals surface area contributed by atoms with E-state index in [4.69, 9.17) is 0 Å². The van der Waals surface area contributed by atoms with Gasteiger partial charge in [-0.3, -0.25) is 4.79 Å². The summed E-state index contributed by atoms with van der Waals surface area (Å²) in [4.78, 5) is 11.7. The average Bonchev–Trinajstić information content (AvgIpc) is 2.46. The third kappa shape index (κ3) is 3.03. The van der Waals surface area contributed by atoms with Crippen LogP contribution in [0, 0.1) is 11.8 Å². The highest BCUT2D eigenvalue weighted by Gasteiger charge is 1.95. The van der Waals surface area contributed by atoms with Gasteiger partial charge in [-0.25, -0.2) is 0 Å². The van der Waals surface area contributed by atoms with Crippen LogP contribution in [0.4, 0.5) is 0 Å². The lowest BCUT2D eigenvalue weighted by atomic mass is 10.1. The molecule has 0 unspecified atom stereocenters. The van der Waals surface area contributed by atoms with Crippen molar-refractivity contribution in [2.75, 3.05) is 6.26 Å². The fourth-order valence-electron chi connectivity index (χ4n) is 1.53. The van der Waals surface area contributed by atoms with E-state index in [1.54, 1.807) is 23.9 Å². The van der Waals surface area contributed by atoms with Crippen LogP contribution in [0.15, 0.2) is 53.4 Å². The fourth-order valence-corrected chi connectivity index (χ4v) is 2.09. The smallest absolute Gasteiger partial charge is 0.150 e. The monoisotopic (exact) mass is 252 g/mol. The minimum atomic E-state index is 0.671. The van der Waals surface area contributed by atoms with Crippen molar-refractivity contribution in [2.45, 2.75) is 4.90 Å². The summed E-state index contributed by atoms with van der Waals surface area (Å²) in [7, 11) is 0. The van der Waals surface area contributed by atoms with E-state index in [2.05, 4.69) is 17.9 Å². The van der Waals surface area contributed by atoms with E-state index in [9.17, 15) is 4.79 Å². The van der Waals surface area contributed by atoms with Gasteiger partial charge in [-0.2, -0.15) is 0 Å². The number of carbonyl (C=O) groups excluding carboxylic acids is 1. The Morgan fingerprint density at radius 2 is 1.72 bits per heavy atom. The van der Waals surface area contributed by atoms with Gasteiger partial charge in [-0.05, 0) is 30.5 Å². The molecule has 0 aliphatic rings. The second-order valence-corrected chi connectivity index (χ2v) is 4.54. The van der Waals surface area contributed by atoms with Gasteiger partial charge in [0.2, 0.25) is 0 Å². The molecule has 0 amide bonds. The molecule has 18 heavy (non-hydrogen) atoms. The lowest BCUT2D eigenvalue weighted by molar-refractivity contribution is 0.112. The molecule has 0 radical (unpaired) electrons. The van der Waals surface area contributed by atoms with E-state index in [0.717, 1.165) is 17.4 Å². The number of aldehydes is 1. The second-order valence-electron chi connectivity index (χ2n) is 3.69. The molecule has 1 nitrogen and oxygen atoms in total. The van der Waals surface area contributed by atoms with Crippen molar-refractivity contribution in [1.29, 1.82) is 0 Å². The molecule has 2 heteroatoms. The first-order valence-electron chi connectivity index (χ1n) is 5.54. The minimum Gasteiger partial charge on any atom is -0.298 e. The second kappa shape index (κ2) is 6.09. The van der Waals surface area contributed by atoms with Crippen LogP contribution in [-0.4, -0.2) is 12.5 Å². The van der Waals surface area contributed by atoms with Gasteiger partial charge < -0.3 is 0 Å². The maximum absolute atomic E-state index is 10.5. The van der Waals surface area contributed by atoms with Gasteiger partial charge in [0.05, 0.1) is 0 Å². The van der Waals surface area contributed by atoms with Crippen LogP contribution < -0.4 is 0 Å². The van der Waals surface area contributed by atoms with Crippen LogP contribution in [0.25, 0.3) is 0 Å². The molecule has 0 fully saturated rings. The quantitative estimate of drug-likeness (QED) is 0.461. The van der Waals surface area contributed by atoms with Gasteiger partial charge >= 0.3 is 0 Å². The van der Waals surface area contributed by atoms with Crippen molar-refractivity contribution in [3.8, 4) is 11.8 Å². The number of benzene rings is 2. The van der Waals surface area contributed by atoms with Gasteiger partial charge in [0.1, 0.15) is 6.29 Å². The van der Waals surface area contributed by atoms with Crippen LogP contribution in [0.2, 0.25) is 0 Å². The summed E-state index contributed by atoms with van der Waals surface area (Å²) in [5, 5.41) is 0. The summed E-state index contributed by atoms with van der Waals surface area (Å²) in [6, 6.07) is 15.3. The van der Waals surface area contributed by atoms with E-state index < -0.39 is 0 Å². The van der Waals surface area contributed by atoms with Crippen molar-refractivity contribution in [3.63, 3.8) is 0 Å². The molecule has 0 aliphatic carbocycles. The Labute approximate surface area is 111 Å². The molecule has 0 atom stereocenters. The van der Waals surface area contributed by atoms with Crippen molar-refractivity contribution in [1.82, 2.24) is 0 Å². The molecule has 0 spiro atoms. The van der Waals surface area contributed by atoms with E-state index in [1.807, 2.05) is 36.6 Å². The van der Waals surface area contributed by atoms with Crippen LogP contribution in [0.5, 0.6) is 0 Å². The van der Waals surface area contributed by atoms with Gasteiger partial charge in [-0.15, -0.1) is 11.8 Å². The Bertz CT molecular complexity index is 603. The van der Waals surface area contributed by atoms with Crippen molar-refractivity contribution in [3.05, 3.63) is 65.2 Å². The molecule has 0 saturated carbocycles. The zero-order valence-electron chi connectivity index (χ0n) is 10.0. The first kappa shape index (κ1) is 12.5. The molecular formula is C16H12OS. The fraction of sp³-hybridized carbons (Fsp3) is 0.0625. The summed E-state index contributed by atoms with van der Waals surface area (Å²) in [6.07, 6.45) is 2.87. The summed E-state index contributed by atoms with van der Waals surface area (Å²) >= 11 is 1.69. The number of hydrogen-bond donors (Lipinski definition) is 0. The standard InChI is InChI=1S/C16H12OS/c1-18-16-5-3-2-4-15(16)11-10-13-6-8-14(12-17)9-7-13/h2-9,12H,1H3. The molecule has 88 valence electrons. The first-order valence-corrected chi connectivity index (χ1v) is 6.76. The molecular weight excluding hydrogens is 240 g/mol. The maximum Gasteiger partial charge on any atom is 0.150 e. The molecule has 0 aromatic heterocycles. The lowest BCUT2D eigenvalue weighted by Gasteiger charge is -1.98. The molecule has 0 heterocycles. The highest BCUT2D eigenvalue weighted by atomic mass is 32.2. The van der Waals surface area contributed by atoms with Crippen LogP contribution in [-0.2, 0) is 0 Å². The molecule has 2 aromatic carbocycles. The Morgan fingerprint density at radius 1 is 1.00 bits per heavy atom. The number of rotatable bonds is 2. The molecule has 0 aliphatic heterocycles. The summed E-state index contributed by atoms with van der Waals surface area (Å²) in [6.45, 7) is 0. The summed E-state index contributed by atoms with van der Waals surface area (Å²) in [5.74, 6) is 6.27. The maximum atomic E-state index is 10.5. The molecule has 0 bridgehead atoms. The summed E-state index contributed by atoms with van der Waals surface area (Å²) in [5.41, 5.74) is 2.62. The number of hydrogen-bond acceptors (Lipinski definition) is 2. The lowest BCUT2D eigenvalue weighted by Crippen LogP contribution is -1.81. The normalized spacial score (nSPS) is 9.39. The van der Waals surface area contributed by atoms with E-state index in [1.165, 1.54) is 4.90 Å².